The molecule has 0 saturated carbocycles. The van der Waals surface area contributed by atoms with Crippen molar-refractivity contribution >= 4 is 17.6 Å². The minimum absolute atomic E-state index is 0.0188. The summed E-state index contributed by atoms with van der Waals surface area (Å²) < 4.78 is 0. The summed E-state index contributed by atoms with van der Waals surface area (Å²) in [5.74, 6) is -0.770. The first-order valence-corrected chi connectivity index (χ1v) is 8.37. The molecule has 1 atom stereocenters. The number of likely N-dealkylation sites (tertiary alicyclic amines) is 1. The highest BCUT2D eigenvalue weighted by atomic mass is 16.2. The zero-order valence-corrected chi connectivity index (χ0v) is 13.9. The lowest BCUT2D eigenvalue weighted by Gasteiger charge is -2.22. The van der Waals surface area contributed by atoms with E-state index in [4.69, 9.17) is 0 Å². The second-order valence-corrected chi connectivity index (χ2v) is 6.10. The Kier molecular flexibility index (Phi) is 5.36. The van der Waals surface area contributed by atoms with Crippen molar-refractivity contribution in [1.29, 1.82) is 0 Å². The van der Waals surface area contributed by atoms with Gasteiger partial charge in [0.25, 0.3) is 5.91 Å². The lowest BCUT2D eigenvalue weighted by molar-refractivity contribution is -0.124. The normalized spacial score (nSPS) is 17.2. The van der Waals surface area contributed by atoms with Gasteiger partial charge in [-0.25, -0.2) is 0 Å². The van der Waals surface area contributed by atoms with Crippen LogP contribution in [0.2, 0.25) is 0 Å². The molecule has 0 aromatic heterocycles. The number of hydrogen-bond acceptors (Lipinski definition) is 4. The molecular formula is C20H20N2O3. The van der Waals surface area contributed by atoms with Crippen molar-refractivity contribution < 1.29 is 14.4 Å². The van der Waals surface area contributed by atoms with Crippen LogP contribution in [0.5, 0.6) is 0 Å². The Hall–Kier alpha value is -2.79. The van der Waals surface area contributed by atoms with E-state index in [1.165, 1.54) is 0 Å². The van der Waals surface area contributed by atoms with E-state index < -0.39 is 11.9 Å². The number of imide groups is 1. The number of benzene rings is 2. The molecule has 0 spiro atoms. The number of nitrogens with one attached hydrogen (secondary N) is 1. The summed E-state index contributed by atoms with van der Waals surface area (Å²) in [7, 11) is 0. The van der Waals surface area contributed by atoms with Gasteiger partial charge in [0.15, 0.2) is 5.78 Å². The molecule has 2 amide bonds. The van der Waals surface area contributed by atoms with Gasteiger partial charge in [-0.3, -0.25) is 24.6 Å². The summed E-state index contributed by atoms with van der Waals surface area (Å²) in [5.41, 5.74) is 1.08. The monoisotopic (exact) mass is 336 g/mol. The van der Waals surface area contributed by atoms with Crippen LogP contribution in [0.1, 0.15) is 33.6 Å². The molecular weight excluding hydrogens is 316 g/mol. The predicted molar refractivity (Wildman–Crippen MR) is 94.3 cm³/mol. The lowest BCUT2D eigenvalue weighted by atomic mass is 10.1. The molecule has 1 aliphatic rings. The first-order valence-electron chi connectivity index (χ1n) is 8.37. The van der Waals surface area contributed by atoms with Gasteiger partial charge in [0.1, 0.15) is 0 Å². The highest BCUT2D eigenvalue weighted by Gasteiger charge is 2.32. The molecule has 1 aliphatic heterocycles. The van der Waals surface area contributed by atoms with Crippen LogP contribution >= 0.6 is 0 Å². The maximum atomic E-state index is 12.5. The third-order valence-electron chi connectivity index (χ3n) is 4.38. The fourth-order valence-corrected chi connectivity index (χ4v) is 3.07. The Morgan fingerprint density at radius 2 is 1.52 bits per heavy atom. The van der Waals surface area contributed by atoms with E-state index in [9.17, 15) is 14.4 Å². The number of Topliss-reactive ketones (excluding diaryl/α,β-unsaturated/α-hetero) is 1. The maximum absolute atomic E-state index is 12.5. The molecule has 1 saturated heterocycles. The van der Waals surface area contributed by atoms with Crippen LogP contribution < -0.4 is 5.32 Å². The number of rotatable bonds is 5. The van der Waals surface area contributed by atoms with Crippen molar-refractivity contribution in [2.24, 2.45) is 0 Å². The minimum Gasteiger partial charge on any atom is -0.293 e. The van der Waals surface area contributed by atoms with Crippen LogP contribution in [-0.2, 0) is 4.79 Å². The summed E-state index contributed by atoms with van der Waals surface area (Å²) in [6, 6.07) is 17.2. The van der Waals surface area contributed by atoms with Gasteiger partial charge < -0.3 is 0 Å². The Balaban J connectivity index is 1.62. The molecule has 2 aromatic rings. The van der Waals surface area contributed by atoms with E-state index in [0.29, 0.717) is 24.1 Å². The molecule has 0 aliphatic carbocycles. The lowest BCUT2D eigenvalue weighted by Crippen LogP contribution is -2.46. The maximum Gasteiger partial charge on any atom is 0.257 e. The number of carbonyl (C=O) groups is 3. The van der Waals surface area contributed by atoms with Crippen LogP contribution in [-0.4, -0.2) is 41.6 Å². The first-order chi connectivity index (χ1) is 12.1. The fraction of sp³-hybridized carbons (Fsp3) is 0.250. The molecule has 0 unspecified atom stereocenters. The molecule has 128 valence electrons. The van der Waals surface area contributed by atoms with Crippen molar-refractivity contribution in [3.63, 3.8) is 0 Å². The first kappa shape index (κ1) is 17.0. The standard InChI is InChI=1S/C20H20N2O3/c23-18(15-8-3-1-4-9-15)14-22-13-7-12-17(22)20(25)21-19(24)16-10-5-2-6-11-16/h1-6,8-11,17H,7,12-14H2,(H,21,24,25)/t17-/m0/s1. The van der Waals surface area contributed by atoms with Gasteiger partial charge in [0.05, 0.1) is 12.6 Å². The van der Waals surface area contributed by atoms with Gasteiger partial charge in [-0.05, 0) is 31.5 Å². The van der Waals surface area contributed by atoms with E-state index in [0.717, 1.165) is 6.42 Å². The molecule has 1 heterocycles. The zero-order valence-electron chi connectivity index (χ0n) is 13.9. The average Bonchev–Trinajstić information content (AvgIpc) is 3.11. The Bertz CT molecular complexity index is 759. The van der Waals surface area contributed by atoms with Crippen molar-refractivity contribution in [3.8, 4) is 0 Å². The topological polar surface area (TPSA) is 66.5 Å². The summed E-state index contributed by atoms with van der Waals surface area (Å²) in [5, 5.41) is 2.45. The molecule has 5 heteroatoms. The van der Waals surface area contributed by atoms with Gasteiger partial charge in [-0.1, -0.05) is 48.5 Å². The second-order valence-electron chi connectivity index (χ2n) is 6.10. The number of ketones is 1. The predicted octanol–water partition coefficient (Wildman–Crippen LogP) is 2.29. The molecule has 25 heavy (non-hydrogen) atoms. The SMILES string of the molecule is O=C(CN1CCC[C@H]1C(=O)NC(=O)c1ccccc1)c1ccccc1. The zero-order chi connectivity index (χ0) is 17.6. The van der Waals surface area contributed by atoms with Crippen molar-refractivity contribution in [1.82, 2.24) is 10.2 Å². The molecule has 0 bridgehead atoms. The Labute approximate surface area is 146 Å². The number of carbonyl (C=O) groups excluding carboxylic acids is 3. The van der Waals surface area contributed by atoms with Crippen LogP contribution in [0.15, 0.2) is 60.7 Å². The number of amides is 2. The van der Waals surface area contributed by atoms with Crippen molar-refractivity contribution in [3.05, 3.63) is 71.8 Å². The largest absolute Gasteiger partial charge is 0.293 e. The van der Waals surface area contributed by atoms with Gasteiger partial charge in [0, 0.05) is 11.1 Å². The van der Waals surface area contributed by atoms with E-state index in [2.05, 4.69) is 5.32 Å². The van der Waals surface area contributed by atoms with Gasteiger partial charge in [-0.2, -0.15) is 0 Å². The molecule has 1 N–H and O–H groups in total. The average molecular weight is 336 g/mol. The van der Waals surface area contributed by atoms with Gasteiger partial charge >= 0.3 is 0 Å². The number of nitrogens with zero attached hydrogens (tertiary/aromatic N) is 1. The quantitative estimate of drug-likeness (QED) is 0.672. The molecule has 0 radical (unpaired) electrons. The van der Waals surface area contributed by atoms with E-state index >= 15 is 0 Å². The van der Waals surface area contributed by atoms with Gasteiger partial charge in [-0.15, -0.1) is 0 Å². The van der Waals surface area contributed by atoms with Crippen LogP contribution in [0, 0.1) is 0 Å². The van der Waals surface area contributed by atoms with Crippen LogP contribution in [0.25, 0.3) is 0 Å². The third-order valence-corrected chi connectivity index (χ3v) is 4.38. The summed E-state index contributed by atoms with van der Waals surface area (Å²) in [6.45, 7) is 0.859. The summed E-state index contributed by atoms with van der Waals surface area (Å²) in [4.78, 5) is 38.8. The van der Waals surface area contributed by atoms with Crippen LogP contribution in [0.3, 0.4) is 0 Å². The van der Waals surface area contributed by atoms with E-state index in [1.54, 1.807) is 36.4 Å². The van der Waals surface area contributed by atoms with Crippen molar-refractivity contribution in [2.45, 2.75) is 18.9 Å². The highest BCUT2D eigenvalue weighted by molar-refractivity contribution is 6.06. The fourth-order valence-electron chi connectivity index (χ4n) is 3.07. The highest BCUT2D eigenvalue weighted by Crippen LogP contribution is 2.18. The summed E-state index contributed by atoms with van der Waals surface area (Å²) >= 11 is 0. The number of hydrogen-bond donors (Lipinski definition) is 1. The molecule has 5 nitrogen and oxygen atoms in total. The van der Waals surface area contributed by atoms with Gasteiger partial charge in [0.2, 0.25) is 5.91 Å². The van der Waals surface area contributed by atoms with Crippen molar-refractivity contribution in [2.75, 3.05) is 13.1 Å². The molecule has 3 rings (SSSR count). The Morgan fingerprint density at radius 1 is 0.920 bits per heavy atom. The third kappa shape index (κ3) is 4.19. The van der Waals surface area contributed by atoms with E-state index in [1.807, 2.05) is 29.2 Å². The summed E-state index contributed by atoms with van der Waals surface area (Å²) in [6.07, 6.45) is 1.48. The van der Waals surface area contributed by atoms with E-state index in [-0.39, 0.29) is 18.2 Å². The molecule has 2 aromatic carbocycles. The Morgan fingerprint density at radius 3 is 2.16 bits per heavy atom. The smallest absolute Gasteiger partial charge is 0.257 e. The van der Waals surface area contributed by atoms with Crippen LogP contribution in [0.4, 0.5) is 0 Å². The molecule has 1 fully saturated rings. The second kappa shape index (κ2) is 7.85. The minimum atomic E-state index is -0.444.